The van der Waals surface area contributed by atoms with Gasteiger partial charge in [0.1, 0.15) is 0 Å². The van der Waals surface area contributed by atoms with E-state index in [1.807, 2.05) is 11.8 Å². The lowest BCUT2D eigenvalue weighted by Crippen LogP contribution is -2.37. The molecule has 0 aromatic carbocycles. The molecule has 0 amide bonds. The Morgan fingerprint density at radius 1 is 1.69 bits per heavy atom. The van der Waals surface area contributed by atoms with Gasteiger partial charge in [-0.25, -0.2) is 0 Å². The molecule has 1 rings (SSSR count). The Morgan fingerprint density at radius 2 is 2.50 bits per heavy atom. The average molecular weight is 227 g/mol. The number of nitrogens with zero attached hydrogens (tertiary/aromatic N) is 1. The number of hydrogen-bond acceptors (Lipinski definition) is 4. The predicted molar refractivity (Wildman–Crippen MR) is 62.2 cm³/mol. The largest absolute Gasteiger partial charge is 0.465 e. The molecule has 0 saturated carbocycles. The summed E-state index contributed by atoms with van der Waals surface area (Å²) < 4.78 is 10.5. The van der Waals surface area contributed by atoms with Gasteiger partial charge in [-0.3, -0.25) is 9.69 Å². The topological polar surface area (TPSA) is 38.8 Å². The van der Waals surface area contributed by atoms with Crippen LogP contribution in [-0.4, -0.2) is 49.8 Å². The molecule has 4 heteroatoms. The van der Waals surface area contributed by atoms with Crippen LogP contribution in [0.25, 0.3) is 0 Å². The highest BCUT2D eigenvalue weighted by molar-refractivity contribution is 5.71. The fourth-order valence-corrected chi connectivity index (χ4v) is 1.85. The minimum atomic E-state index is -0.178. The van der Waals surface area contributed by atoms with Crippen LogP contribution in [0.3, 0.4) is 0 Å². The SMILES string of the molecule is C=CCN(CC(=O)OCC)CC1CCCO1. The highest BCUT2D eigenvalue weighted by Gasteiger charge is 2.20. The molecule has 16 heavy (non-hydrogen) atoms. The lowest BCUT2D eigenvalue weighted by Gasteiger charge is -2.22. The van der Waals surface area contributed by atoms with E-state index in [1.165, 1.54) is 0 Å². The van der Waals surface area contributed by atoms with E-state index in [4.69, 9.17) is 9.47 Å². The van der Waals surface area contributed by atoms with Gasteiger partial charge in [-0.15, -0.1) is 6.58 Å². The zero-order valence-electron chi connectivity index (χ0n) is 9.98. The number of carbonyl (C=O) groups is 1. The minimum Gasteiger partial charge on any atom is -0.465 e. The summed E-state index contributed by atoms with van der Waals surface area (Å²) in [5.41, 5.74) is 0. The summed E-state index contributed by atoms with van der Waals surface area (Å²) in [5.74, 6) is -0.178. The normalized spacial score (nSPS) is 20.0. The molecule has 1 aliphatic rings. The van der Waals surface area contributed by atoms with Crippen LogP contribution >= 0.6 is 0 Å². The van der Waals surface area contributed by atoms with Crippen molar-refractivity contribution in [1.29, 1.82) is 0 Å². The van der Waals surface area contributed by atoms with Gasteiger partial charge >= 0.3 is 5.97 Å². The monoisotopic (exact) mass is 227 g/mol. The molecule has 1 atom stereocenters. The van der Waals surface area contributed by atoms with Crippen molar-refractivity contribution in [2.45, 2.75) is 25.9 Å². The van der Waals surface area contributed by atoms with Crippen LogP contribution in [-0.2, 0) is 14.3 Å². The highest BCUT2D eigenvalue weighted by Crippen LogP contribution is 2.13. The zero-order valence-corrected chi connectivity index (χ0v) is 9.98. The van der Waals surface area contributed by atoms with Gasteiger partial charge in [0.05, 0.1) is 19.3 Å². The van der Waals surface area contributed by atoms with Crippen molar-refractivity contribution in [3.63, 3.8) is 0 Å². The second-order valence-corrected chi connectivity index (χ2v) is 3.92. The Labute approximate surface area is 97.2 Å². The molecule has 4 nitrogen and oxygen atoms in total. The summed E-state index contributed by atoms with van der Waals surface area (Å²) in [6, 6.07) is 0. The van der Waals surface area contributed by atoms with Crippen LogP contribution in [0, 0.1) is 0 Å². The Bertz CT molecular complexity index is 224. The third-order valence-electron chi connectivity index (χ3n) is 2.53. The van der Waals surface area contributed by atoms with Crippen LogP contribution in [0.2, 0.25) is 0 Å². The maximum Gasteiger partial charge on any atom is 0.320 e. The Kier molecular flexibility index (Phi) is 6.11. The molecule has 0 aromatic heterocycles. The van der Waals surface area contributed by atoms with E-state index in [2.05, 4.69) is 6.58 Å². The third kappa shape index (κ3) is 4.77. The molecule has 0 radical (unpaired) electrons. The Morgan fingerprint density at radius 3 is 3.06 bits per heavy atom. The number of carbonyl (C=O) groups excluding carboxylic acids is 1. The van der Waals surface area contributed by atoms with E-state index < -0.39 is 0 Å². The number of hydrogen-bond donors (Lipinski definition) is 0. The molecule has 0 bridgehead atoms. The summed E-state index contributed by atoms with van der Waals surface area (Å²) in [5, 5.41) is 0. The summed E-state index contributed by atoms with van der Waals surface area (Å²) in [4.78, 5) is 13.4. The maximum atomic E-state index is 11.4. The Balaban J connectivity index is 2.33. The van der Waals surface area contributed by atoms with Crippen molar-refractivity contribution in [3.8, 4) is 0 Å². The predicted octanol–water partition coefficient (Wildman–Crippen LogP) is 1.22. The molecule has 0 spiro atoms. The molecule has 1 unspecified atom stereocenters. The van der Waals surface area contributed by atoms with Gasteiger partial charge in [0.15, 0.2) is 0 Å². The molecular formula is C12H21NO3. The standard InChI is InChI=1S/C12H21NO3/c1-3-7-13(10-12(14)15-4-2)9-11-6-5-8-16-11/h3,11H,1,4-10H2,2H3. The molecule has 1 aliphatic heterocycles. The second kappa shape index (κ2) is 7.41. The first kappa shape index (κ1) is 13.2. The van der Waals surface area contributed by atoms with Crippen molar-refractivity contribution >= 4 is 5.97 Å². The average Bonchev–Trinajstić information content (AvgIpc) is 2.71. The molecule has 0 aliphatic carbocycles. The molecular weight excluding hydrogens is 206 g/mol. The van der Waals surface area contributed by atoms with Crippen molar-refractivity contribution < 1.29 is 14.3 Å². The maximum absolute atomic E-state index is 11.4. The molecule has 0 N–H and O–H groups in total. The zero-order chi connectivity index (χ0) is 11.8. The first-order valence-corrected chi connectivity index (χ1v) is 5.86. The van der Waals surface area contributed by atoms with Gasteiger partial charge < -0.3 is 9.47 Å². The van der Waals surface area contributed by atoms with Crippen LogP contribution < -0.4 is 0 Å². The van der Waals surface area contributed by atoms with E-state index in [0.717, 1.165) is 26.0 Å². The molecule has 1 saturated heterocycles. The van der Waals surface area contributed by atoms with Crippen LogP contribution in [0.15, 0.2) is 12.7 Å². The number of esters is 1. The molecule has 1 fully saturated rings. The first-order chi connectivity index (χ1) is 7.76. The van der Waals surface area contributed by atoms with E-state index in [1.54, 1.807) is 6.08 Å². The van der Waals surface area contributed by atoms with Gasteiger partial charge in [-0.1, -0.05) is 6.08 Å². The summed E-state index contributed by atoms with van der Waals surface area (Å²) in [7, 11) is 0. The summed E-state index contributed by atoms with van der Waals surface area (Å²) in [6.45, 7) is 8.57. The van der Waals surface area contributed by atoms with Gasteiger partial charge in [-0.05, 0) is 19.8 Å². The minimum absolute atomic E-state index is 0.178. The third-order valence-corrected chi connectivity index (χ3v) is 2.53. The van der Waals surface area contributed by atoms with Crippen LogP contribution in [0.4, 0.5) is 0 Å². The fraction of sp³-hybridized carbons (Fsp3) is 0.750. The Hall–Kier alpha value is -0.870. The van der Waals surface area contributed by atoms with Gasteiger partial charge in [-0.2, -0.15) is 0 Å². The molecule has 1 heterocycles. The molecule has 92 valence electrons. The summed E-state index contributed by atoms with van der Waals surface area (Å²) in [6.07, 6.45) is 4.26. The summed E-state index contributed by atoms with van der Waals surface area (Å²) >= 11 is 0. The first-order valence-electron chi connectivity index (χ1n) is 5.86. The number of rotatable bonds is 7. The van der Waals surface area contributed by atoms with Crippen molar-refractivity contribution in [2.75, 3.05) is 32.8 Å². The van der Waals surface area contributed by atoms with Crippen LogP contribution in [0.1, 0.15) is 19.8 Å². The fourth-order valence-electron chi connectivity index (χ4n) is 1.85. The molecule has 0 aromatic rings. The lowest BCUT2D eigenvalue weighted by molar-refractivity contribution is -0.144. The van der Waals surface area contributed by atoms with E-state index >= 15 is 0 Å². The van der Waals surface area contributed by atoms with Crippen molar-refractivity contribution in [1.82, 2.24) is 4.90 Å². The highest BCUT2D eigenvalue weighted by atomic mass is 16.5. The second-order valence-electron chi connectivity index (χ2n) is 3.92. The van der Waals surface area contributed by atoms with Crippen molar-refractivity contribution in [3.05, 3.63) is 12.7 Å². The van der Waals surface area contributed by atoms with Gasteiger partial charge in [0.25, 0.3) is 0 Å². The van der Waals surface area contributed by atoms with Gasteiger partial charge in [0.2, 0.25) is 0 Å². The van der Waals surface area contributed by atoms with Gasteiger partial charge in [0, 0.05) is 19.7 Å². The van der Waals surface area contributed by atoms with E-state index in [0.29, 0.717) is 19.7 Å². The van der Waals surface area contributed by atoms with E-state index in [9.17, 15) is 4.79 Å². The van der Waals surface area contributed by atoms with Crippen LogP contribution in [0.5, 0.6) is 0 Å². The van der Waals surface area contributed by atoms with Crippen molar-refractivity contribution in [2.24, 2.45) is 0 Å². The quantitative estimate of drug-likeness (QED) is 0.484. The lowest BCUT2D eigenvalue weighted by atomic mass is 10.2. The number of ether oxygens (including phenoxy) is 2. The smallest absolute Gasteiger partial charge is 0.320 e. The van der Waals surface area contributed by atoms with E-state index in [-0.39, 0.29) is 12.1 Å².